The van der Waals surface area contributed by atoms with E-state index in [-0.39, 0.29) is 19.1 Å². The summed E-state index contributed by atoms with van der Waals surface area (Å²) in [5, 5.41) is 14.0. The molecule has 0 aliphatic heterocycles. The van der Waals surface area contributed by atoms with E-state index in [2.05, 4.69) is 31.3 Å². The summed E-state index contributed by atoms with van der Waals surface area (Å²) in [4.78, 5) is 23.2. The van der Waals surface area contributed by atoms with Gasteiger partial charge in [-0.05, 0) is 38.5 Å². The summed E-state index contributed by atoms with van der Waals surface area (Å²) in [6, 6.07) is -0.772. The van der Waals surface area contributed by atoms with Gasteiger partial charge in [-0.1, -0.05) is 225 Å². The van der Waals surface area contributed by atoms with Crippen LogP contribution in [0, 0.1) is 0 Å². The van der Waals surface area contributed by atoms with Crippen molar-refractivity contribution >= 4 is 13.7 Å². The van der Waals surface area contributed by atoms with Crippen molar-refractivity contribution in [3.63, 3.8) is 0 Å². The normalized spacial score (nSPS) is 14.2. The average Bonchev–Trinajstić information content (AvgIpc) is 3.20. The Morgan fingerprint density at radius 2 is 0.900 bits per heavy atom. The van der Waals surface area contributed by atoms with Gasteiger partial charge in [0.25, 0.3) is 0 Å². The van der Waals surface area contributed by atoms with Crippen molar-refractivity contribution in [2.45, 2.75) is 270 Å². The Hall–Kier alpha value is -0.760. The molecule has 0 saturated heterocycles. The first-order valence-corrected chi connectivity index (χ1v) is 27.5. The number of aliphatic hydroxyl groups excluding tert-OH is 1. The molecule has 0 fully saturated rings. The number of aliphatic hydroxyl groups is 1. The number of hydrogen-bond acceptors (Lipinski definition) is 5. The van der Waals surface area contributed by atoms with Crippen molar-refractivity contribution < 1.29 is 32.9 Å². The molecule has 9 heteroatoms. The number of nitrogens with one attached hydrogen (secondary N) is 1. The van der Waals surface area contributed by atoms with Gasteiger partial charge in [-0.25, -0.2) is 4.57 Å². The summed E-state index contributed by atoms with van der Waals surface area (Å²) in [6.45, 7) is 4.90. The molecule has 0 aliphatic rings. The number of allylic oxidation sites excluding steroid dienone is 2. The van der Waals surface area contributed by atoms with Crippen LogP contribution < -0.4 is 5.32 Å². The Morgan fingerprint density at radius 3 is 1.28 bits per heavy atom. The Labute approximate surface area is 373 Å². The molecule has 0 aromatic heterocycles. The maximum atomic E-state index is 12.9. The maximum Gasteiger partial charge on any atom is 0.472 e. The highest BCUT2D eigenvalue weighted by Crippen LogP contribution is 2.43. The number of phosphoric ester groups is 1. The largest absolute Gasteiger partial charge is 0.472 e. The van der Waals surface area contributed by atoms with Crippen molar-refractivity contribution in [2.24, 2.45) is 0 Å². The van der Waals surface area contributed by atoms with Gasteiger partial charge in [0.2, 0.25) is 5.91 Å². The highest BCUT2D eigenvalue weighted by Gasteiger charge is 2.28. The first-order chi connectivity index (χ1) is 29.0. The van der Waals surface area contributed by atoms with E-state index in [1.807, 2.05) is 21.1 Å². The Kier molecular flexibility index (Phi) is 42.9. The molecule has 358 valence electrons. The van der Waals surface area contributed by atoms with Gasteiger partial charge >= 0.3 is 7.82 Å². The second-order valence-corrected chi connectivity index (χ2v) is 20.7. The summed E-state index contributed by atoms with van der Waals surface area (Å²) in [5.74, 6) is -0.149. The van der Waals surface area contributed by atoms with Crippen LogP contribution in [0.25, 0.3) is 0 Å². The number of quaternary nitrogens is 1. The number of nitrogens with zero attached hydrogens (tertiary/aromatic N) is 1. The zero-order valence-corrected chi connectivity index (χ0v) is 41.6. The molecule has 60 heavy (non-hydrogen) atoms. The predicted molar refractivity (Wildman–Crippen MR) is 259 cm³/mol. The van der Waals surface area contributed by atoms with Crippen molar-refractivity contribution in [3.8, 4) is 0 Å². The minimum atomic E-state index is -4.32. The number of unbranched alkanes of at least 4 members (excludes halogenated alkanes) is 33. The molecule has 0 bridgehead atoms. The molecule has 1 unspecified atom stereocenters. The van der Waals surface area contributed by atoms with Crippen LogP contribution in [0.1, 0.15) is 258 Å². The van der Waals surface area contributed by atoms with Crippen LogP contribution in [0.2, 0.25) is 0 Å². The standard InChI is InChI=1S/C51H103N2O6P/c1-6-8-10-12-14-16-18-20-22-23-24-25-26-27-28-29-31-33-35-37-39-41-43-45-51(55)52-49(48-59-60(56,57)58-47-46-53(3,4)5)50(54)44-42-40-38-36-34-32-30-21-19-17-15-13-11-9-7-2/h34,36,49-50,54H,6-33,35,37-48H2,1-5H3,(H-,52,55,56,57)/p+1/b36-34+/t49-,50+/m0/s1. The van der Waals surface area contributed by atoms with E-state index >= 15 is 0 Å². The third-order valence-corrected chi connectivity index (χ3v) is 13.0. The molecule has 0 rings (SSSR count). The lowest BCUT2D eigenvalue weighted by Crippen LogP contribution is -2.46. The minimum absolute atomic E-state index is 0.0725. The molecule has 0 aliphatic carbocycles. The molecular weight excluding hydrogens is 768 g/mol. The van der Waals surface area contributed by atoms with E-state index in [4.69, 9.17) is 9.05 Å². The van der Waals surface area contributed by atoms with Crippen molar-refractivity contribution in [1.29, 1.82) is 0 Å². The number of amides is 1. The molecule has 0 spiro atoms. The Bertz CT molecular complexity index is 989. The van der Waals surface area contributed by atoms with E-state index in [1.165, 1.54) is 186 Å². The molecule has 0 aromatic carbocycles. The predicted octanol–water partition coefficient (Wildman–Crippen LogP) is 15.1. The van der Waals surface area contributed by atoms with E-state index in [1.54, 1.807) is 0 Å². The monoisotopic (exact) mass is 872 g/mol. The number of hydrogen-bond donors (Lipinski definition) is 3. The van der Waals surface area contributed by atoms with E-state index < -0.39 is 20.0 Å². The van der Waals surface area contributed by atoms with Gasteiger partial charge in [-0.3, -0.25) is 13.8 Å². The lowest BCUT2D eigenvalue weighted by atomic mass is 10.0. The summed E-state index contributed by atoms with van der Waals surface area (Å²) in [7, 11) is 1.61. The molecule has 0 radical (unpaired) electrons. The quantitative estimate of drug-likeness (QED) is 0.0243. The van der Waals surface area contributed by atoms with E-state index in [0.717, 1.165) is 44.9 Å². The van der Waals surface area contributed by atoms with Crippen LogP contribution in [-0.2, 0) is 18.4 Å². The second-order valence-electron chi connectivity index (χ2n) is 19.3. The maximum absolute atomic E-state index is 12.9. The highest BCUT2D eigenvalue weighted by atomic mass is 31.2. The van der Waals surface area contributed by atoms with Crippen LogP contribution in [0.4, 0.5) is 0 Å². The van der Waals surface area contributed by atoms with Gasteiger partial charge in [-0.2, -0.15) is 0 Å². The van der Waals surface area contributed by atoms with Gasteiger partial charge in [0.15, 0.2) is 0 Å². The smallest absolute Gasteiger partial charge is 0.391 e. The summed E-state index contributed by atoms with van der Waals surface area (Å²) in [6.07, 6.45) is 51.1. The molecule has 0 aromatic rings. The molecule has 1 amide bonds. The third-order valence-electron chi connectivity index (χ3n) is 12.0. The van der Waals surface area contributed by atoms with Crippen LogP contribution in [0.5, 0.6) is 0 Å². The summed E-state index contributed by atoms with van der Waals surface area (Å²) >= 11 is 0. The van der Waals surface area contributed by atoms with E-state index in [0.29, 0.717) is 23.9 Å². The van der Waals surface area contributed by atoms with Gasteiger partial charge in [0.1, 0.15) is 13.2 Å². The zero-order chi connectivity index (χ0) is 44.3. The van der Waals surface area contributed by atoms with Crippen molar-refractivity contribution in [1.82, 2.24) is 5.32 Å². The van der Waals surface area contributed by atoms with Crippen LogP contribution in [0.3, 0.4) is 0 Å². The van der Waals surface area contributed by atoms with Gasteiger partial charge in [0, 0.05) is 6.42 Å². The fraction of sp³-hybridized carbons (Fsp3) is 0.941. The summed E-state index contributed by atoms with van der Waals surface area (Å²) in [5.41, 5.74) is 0. The van der Waals surface area contributed by atoms with Crippen molar-refractivity contribution in [2.75, 3.05) is 40.9 Å². The average molecular weight is 872 g/mol. The molecule has 3 N–H and O–H groups in total. The van der Waals surface area contributed by atoms with Crippen molar-refractivity contribution in [3.05, 3.63) is 12.2 Å². The highest BCUT2D eigenvalue weighted by molar-refractivity contribution is 7.47. The van der Waals surface area contributed by atoms with Gasteiger partial charge < -0.3 is 19.8 Å². The number of rotatable bonds is 48. The number of carbonyl (C=O) groups excluding carboxylic acids is 1. The lowest BCUT2D eigenvalue weighted by Gasteiger charge is -2.26. The first-order valence-electron chi connectivity index (χ1n) is 26.1. The zero-order valence-electron chi connectivity index (χ0n) is 40.7. The minimum Gasteiger partial charge on any atom is -0.391 e. The lowest BCUT2D eigenvalue weighted by molar-refractivity contribution is -0.870. The first kappa shape index (κ1) is 59.2. The molecule has 0 saturated carbocycles. The number of carbonyl (C=O) groups is 1. The summed E-state index contributed by atoms with van der Waals surface area (Å²) < 4.78 is 23.7. The SMILES string of the molecule is CCCCCCCCCCC/C=C/CCCC[C@@H](O)[C@H](COP(=O)(O)OCC[N+](C)(C)C)NC(=O)CCCCCCCCCCCCCCCCCCCCCCCCC. The third kappa shape index (κ3) is 45.3. The molecule has 0 heterocycles. The number of likely N-dealkylation sites (N-methyl/N-ethyl adjacent to an activating group) is 1. The fourth-order valence-corrected chi connectivity index (χ4v) is 8.60. The van der Waals surface area contributed by atoms with Gasteiger partial charge in [-0.15, -0.1) is 0 Å². The molecular formula is C51H104N2O6P+. The Balaban J connectivity index is 4.19. The molecule has 3 atom stereocenters. The Morgan fingerprint density at radius 1 is 0.550 bits per heavy atom. The van der Waals surface area contributed by atoms with Crippen LogP contribution >= 0.6 is 7.82 Å². The van der Waals surface area contributed by atoms with Crippen LogP contribution in [-0.4, -0.2) is 73.4 Å². The van der Waals surface area contributed by atoms with Crippen LogP contribution in [0.15, 0.2) is 12.2 Å². The van der Waals surface area contributed by atoms with Gasteiger partial charge in [0.05, 0.1) is 39.9 Å². The topological polar surface area (TPSA) is 105 Å². The van der Waals surface area contributed by atoms with E-state index in [9.17, 15) is 19.4 Å². The number of phosphoric acid groups is 1. The molecule has 8 nitrogen and oxygen atoms in total. The fourth-order valence-electron chi connectivity index (χ4n) is 7.87. The second kappa shape index (κ2) is 43.5.